The van der Waals surface area contributed by atoms with Crippen molar-refractivity contribution < 1.29 is 19.1 Å². The fourth-order valence-corrected chi connectivity index (χ4v) is 1.52. The number of thiocarbonyl (C=S) groups is 1. The summed E-state index contributed by atoms with van der Waals surface area (Å²) in [6, 6.07) is 6.00. The molecule has 0 saturated carbocycles. The lowest BCUT2D eigenvalue weighted by Crippen LogP contribution is -2.41. The van der Waals surface area contributed by atoms with Gasteiger partial charge >= 0.3 is 5.97 Å². The molecule has 0 aromatic heterocycles. The molecule has 0 aliphatic rings. The lowest BCUT2D eigenvalue weighted by atomic mass is 10.2. The molecule has 20 heavy (non-hydrogen) atoms. The van der Waals surface area contributed by atoms with Gasteiger partial charge in [-0.05, 0) is 31.2 Å². The van der Waals surface area contributed by atoms with Crippen LogP contribution in [0.1, 0.15) is 12.5 Å². The van der Waals surface area contributed by atoms with E-state index in [0.717, 1.165) is 5.56 Å². The van der Waals surface area contributed by atoms with Crippen molar-refractivity contribution in [1.82, 2.24) is 5.32 Å². The molecule has 108 valence electrons. The van der Waals surface area contributed by atoms with E-state index in [4.69, 9.17) is 22.7 Å². The summed E-state index contributed by atoms with van der Waals surface area (Å²) < 4.78 is 9.76. The number of nitrogens with two attached hydrogens (primary N) is 1. The summed E-state index contributed by atoms with van der Waals surface area (Å²) in [5.74, 6) is -0.425. The number of esters is 1. The Morgan fingerprint density at radius 1 is 1.35 bits per heavy atom. The summed E-state index contributed by atoms with van der Waals surface area (Å²) in [5, 5.41) is 2.45. The summed E-state index contributed by atoms with van der Waals surface area (Å²) in [6.45, 7) is 1.33. The minimum absolute atomic E-state index is 0.201. The van der Waals surface area contributed by atoms with E-state index in [-0.39, 0.29) is 6.61 Å². The fourth-order valence-electron chi connectivity index (χ4n) is 1.38. The van der Waals surface area contributed by atoms with Crippen molar-refractivity contribution in [3.63, 3.8) is 0 Å². The molecule has 0 radical (unpaired) electrons. The fraction of sp³-hybridized carbons (Fsp3) is 0.308. The van der Waals surface area contributed by atoms with E-state index < -0.39 is 17.9 Å². The number of methoxy groups -OCH3 is 1. The number of rotatable bonds is 6. The second kappa shape index (κ2) is 7.44. The van der Waals surface area contributed by atoms with E-state index in [1.807, 2.05) is 0 Å². The van der Waals surface area contributed by atoms with Crippen LogP contribution < -0.4 is 15.8 Å². The SMILES string of the molecule is COC(=O)C(C)NC(=O)COc1ccc(C(N)=S)cc1. The molecule has 1 atom stereocenters. The summed E-state index contributed by atoms with van der Waals surface area (Å²) in [7, 11) is 1.25. The van der Waals surface area contributed by atoms with E-state index in [1.165, 1.54) is 14.0 Å². The molecule has 0 fully saturated rings. The minimum atomic E-state index is -0.715. The van der Waals surface area contributed by atoms with Crippen molar-refractivity contribution >= 4 is 29.1 Å². The molecule has 6 nitrogen and oxygen atoms in total. The molecule has 7 heteroatoms. The van der Waals surface area contributed by atoms with Crippen molar-refractivity contribution in [3.05, 3.63) is 29.8 Å². The van der Waals surface area contributed by atoms with Crippen LogP contribution in [0.25, 0.3) is 0 Å². The van der Waals surface area contributed by atoms with E-state index in [1.54, 1.807) is 24.3 Å². The quantitative estimate of drug-likeness (QED) is 0.582. The van der Waals surface area contributed by atoms with Crippen LogP contribution in [0.2, 0.25) is 0 Å². The second-order valence-electron chi connectivity index (χ2n) is 3.99. The summed E-state index contributed by atoms with van der Waals surface area (Å²) in [6.07, 6.45) is 0. The zero-order valence-electron chi connectivity index (χ0n) is 11.2. The van der Waals surface area contributed by atoms with Gasteiger partial charge in [0.25, 0.3) is 5.91 Å². The first kappa shape index (κ1) is 15.9. The van der Waals surface area contributed by atoms with Crippen LogP contribution in [0.5, 0.6) is 5.75 Å². The van der Waals surface area contributed by atoms with E-state index >= 15 is 0 Å². The Morgan fingerprint density at radius 2 is 1.95 bits per heavy atom. The van der Waals surface area contributed by atoms with Crippen molar-refractivity contribution in [2.75, 3.05) is 13.7 Å². The van der Waals surface area contributed by atoms with Gasteiger partial charge in [-0.15, -0.1) is 0 Å². The normalized spacial score (nSPS) is 11.3. The molecule has 1 unspecified atom stereocenters. The smallest absolute Gasteiger partial charge is 0.328 e. The summed E-state index contributed by atoms with van der Waals surface area (Å²) in [5.41, 5.74) is 6.18. The topological polar surface area (TPSA) is 90.6 Å². The average molecular weight is 296 g/mol. The lowest BCUT2D eigenvalue weighted by Gasteiger charge is -2.12. The number of hydrogen-bond acceptors (Lipinski definition) is 5. The molecular weight excluding hydrogens is 280 g/mol. The van der Waals surface area contributed by atoms with Crippen molar-refractivity contribution in [2.24, 2.45) is 5.73 Å². The van der Waals surface area contributed by atoms with E-state index in [2.05, 4.69) is 10.1 Å². The molecule has 1 aromatic carbocycles. The molecule has 3 N–H and O–H groups in total. The highest BCUT2D eigenvalue weighted by Gasteiger charge is 2.15. The Labute approximate surface area is 122 Å². The van der Waals surface area contributed by atoms with Gasteiger partial charge in [0.1, 0.15) is 16.8 Å². The van der Waals surface area contributed by atoms with Crippen molar-refractivity contribution in [3.8, 4) is 5.75 Å². The van der Waals surface area contributed by atoms with Crippen LogP contribution in [-0.4, -0.2) is 36.6 Å². The Bertz CT molecular complexity index is 502. The van der Waals surface area contributed by atoms with Crippen LogP contribution in [0.15, 0.2) is 24.3 Å². The van der Waals surface area contributed by atoms with Crippen LogP contribution in [0.4, 0.5) is 0 Å². The number of benzene rings is 1. The van der Waals surface area contributed by atoms with Crippen LogP contribution in [-0.2, 0) is 14.3 Å². The highest BCUT2D eigenvalue weighted by Crippen LogP contribution is 2.11. The molecule has 1 amide bonds. The van der Waals surface area contributed by atoms with Crippen LogP contribution >= 0.6 is 12.2 Å². The lowest BCUT2D eigenvalue weighted by molar-refractivity contribution is -0.144. The maximum Gasteiger partial charge on any atom is 0.328 e. The first-order valence-corrected chi connectivity index (χ1v) is 6.24. The van der Waals surface area contributed by atoms with Crippen LogP contribution in [0.3, 0.4) is 0 Å². The van der Waals surface area contributed by atoms with Gasteiger partial charge in [-0.25, -0.2) is 4.79 Å². The van der Waals surface area contributed by atoms with E-state index in [0.29, 0.717) is 10.7 Å². The Hall–Kier alpha value is -2.15. The van der Waals surface area contributed by atoms with Gasteiger partial charge in [0, 0.05) is 5.56 Å². The Morgan fingerprint density at radius 3 is 2.45 bits per heavy atom. The Kier molecular flexibility index (Phi) is 5.92. The van der Waals surface area contributed by atoms with Gasteiger partial charge in [-0.1, -0.05) is 12.2 Å². The molecule has 0 aliphatic carbocycles. The number of carbonyl (C=O) groups excluding carboxylic acids is 2. The molecular formula is C13H16N2O4S. The van der Waals surface area contributed by atoms with Gasteiger partial charge in [0.2, 0.25) is 0 Å². The highest BCUT2D eigenvalue weighted by atomic mass is 32.1. The third-order valence-corrected chi connectivity index (χ3v) is 2.68. The zero-order valence-corrected chi connectivity index (χ0v) is 12.0. The Balaban J connectivity index is 2.44. The van der Waals surface area contributed by atoms with Gasteiger partial charge in [0.05, 0.1) is 7.11 Å². The third-order valence-electron chi connectivity index (χ3n) is 2.44. The maximum absolute atomic E-state index is 11.5. The zero-order chi connectivity index (χ0) is 15.1. The predicted octanol–water partition coefficient (Wildman–Crippen LogP) is 0.377. The molecule has 1 rings (SSSR count). The number of carbonyl (C=O) groups is 2. The molecule has 0 aliphatic heterocycles. The summed E-state index contributed by atoms with van der Waals surface area (Å²) >= 11 is 4.82. The second-order valence-corrected chi connectivity index (χ2v) is 4.43. The van der Waals surface area contributed by atoms with Crippen LogP contribution in [0, 0.1) is 0 Å². The minimum Gasteiger partial charge on any atom is -0.484 e. The van der Waals surface area contributed by atoms with Gasteiger partial charge in [-0.2, -0.15) is 0 Å². The molecule has 1 aromatic rings. The summed E-state index contributed by atoms with van der Waals surface area (Å²) in [4.78, 5) is 23.0. The van der Waals surface area contributed by atoms with Gasteiger partial charge in [-0.3, -0.25) is 4.79 Å². The molecule has 0 bridgehead atoms. The van der Waals surface area contributed by atoms with Crippen molar-refractivity contribution in [1.29, 1.82) is 0 Å². The number of amides is 1. The number of nitrogens with one attached hydrogen (secondary N) is 1. The van der Waals surface area contributed by atoms with Gasteiger partial charge < -0.3 is 20.5 Å². The monoisotopic (exact) mass is 296 g/mol. The first-order valence-electron chi connectivity index (χ1n) is 5.84. The first-order chi connectivity index (χ1) is 9.43. The van der Waals surface area contributed by atoms with E-state index in [9.17, 15) is 9.59 Å². The maximum atomic E-state index is 11.5. The molecule has 0 heterocycles. The largest absolute Gasteiger partial charge is 0.484 e. The third kappa shape index (κ3) is 4.85. The standard InChI is InChI=1S/C13H16N2O4S/c1-8(13(17)18-2)15-11(16)7-19-10-5-3-9(4-6-10)12(14)20/h3-6,8H,7H2,1-2H3,(H2,14,20)(H,15,16). The van der Waals surface area contributed by atoms with Gasteiger partial charge in [0.15, 0.2) is 6.61 Å². The highest BCUT2D eigenvalue weighted by molar-refractivity contribution is 7.80. The van der Waals surface area contributed by atoms with Crippen molar-refractivity contribution in [2.45, 2.75) is 13.0 Å². The number of hydrogen-bond donors (Lipinski definition) is 2. The molecule has 0 spiro atoms. The average Bonchev–Trinajstić information content (AvgIpc) is 2.44. The number of ether oxygens (including phenoxy) is 2. The molecule has 0 saturated heterocycles. The predicted molar refractivity (Wildman–Crippen MR) is 77.4 cm³/mol.